The van der Waals surface area contributed by atoms with Gasteiger partial charge in [0.25, 0.3) is 0 Å². The van der Waals surface area contributed by atoms with Crippen molar-refractivity contribution in [1.82, 2.24) is 9.80 Å². The van der Waals surface area contributed by atoms with Crippen LogP contribution in [0.1, 0.15) is 40.5 Å². The number of piperazine rings is 1. The van der Waals surface area contributed by atoms with Gasteiger partial charge in [-0.15, -0.1) is 0 Å². The molecule has 1 heterocycles. The first-order chi connectivity index (χ1) is 9.43. The molecule has 2 atom stereocenters. The molecule has 0 aromatic heterocycles. The summed E-state index contributed by atoms with van der Waals surface area (Å²) in [6.07, 6.45) is 2.59. The first-order valence-electron chi connectivity index (χ1n) is 8.28. The van der Waals surface area contributed by atoms with Crippen LogP contribution in [0.25, 0.3) is 0 Å². The fourth-order valence-corrected chi connectivity index (χ4v) is 3.66. The second-order valence-electron chi connectivity index (χ2n) is 7.14. The van der Waals surface area contributed by atoms with E-state index in [1.165, 1.54) is 26.1 Å². The fraction of sp³-hybridized carbons (Fsp3) is 1.00. The summed E-state index contributed by atoms with van der Waals surface area (Å²) in [6.45, 7) is 16.6. The van der Waals surface area contributed by atoms with Crippen LogP contribution in [-0.2, 0) is 4.74 Å². The number of hydrogen-bond donors (Lipinski definition) is 1. The quantitative estimate of drug-likeness (QED) is 0.803. The molecule has 2 fully saturated rings. The van der Waals surface area contributed by atoms with Gasteiger partial charge in [-0.1, -0.05) is 20.8 Å². The van der Waals surface area contributed by atoms with E-state index in [2.05, 4.69) is 37.5 Å². The zero-order valence-electron chi connectivity index (χ0n) is 13.8. The van der Waals surface area contributed by atoms with Crippen LogP contribution in [0.2, 0.25) is 0 Å². The first kappa shape index (κ1) is 16.2. The molecule has 20 heavy (non-hydrogen) atoms. The van der Waals surface area contributed by atoms with Crippen LogP contribution in [0.5, 0.6) is 0 Å². The van der Waals surface area contributed by atoms with E-state index in [1.54, 1.807) is 0 Å². The predicted molar refractivity (Wildman–Crippen MR) is 83.9 cm³/mol. The molecule has 1 saturated heterocycles. The van der Waals surface area contributed by atoms with Crippen molar-refractivity contribution >= 4 is 0 Å². The second-order valence-corrected chi connectivity index (χ2v) is 7.14. The molecule has 0 radical (unpaired) electrons. The minimum absolute atomic E-state index is 0.0836. The molecular formula is C16H33N3O. The number of ether oxygens (including phenoxy) is 1. The Hall–Kier alpha value is -0.160. The zero-order valence-corrected chi connectivity index (χ0v) is 13.8. The summed E-state index contributed by atoms with van der Waals surface area (Å²) in [5.74, 6) is 0. The largest absolute Gasteiger partial charge is 0.378 e. The average Bonchev–Trinajstić information content (AvgIpc) is 2.41. The first-order valence-corrected chi connectivity index (χ1v) is 8.28. The van der Waals surface area contributed by atoms with Crippen molar-refractivity contribution in [2.24, 2.45) is 11.1 Å². The van der Waals surface area contributed by atoms with Crippen LogP contribution in [0.4, 0.5) is 0 Å². The van der Waals surface area contributed by atoms with Gasteiger partial charge in [0.05, 0.1) is 6.10 Å². The van der Waals surface area contributed by atoms with Crippen LogP contribution < -0.4 is 5.73 Å². The maximum atomic E-state index is 6.69. The van der Waals surface area contributed by atoms with Gasteiger partial charge in [0.1, 0.15) is 0 Å². The van der Waals surface area contributed by atoms with E-state index in [1.807, 2.05) is 0 Å². The molecule has 1 aliphatic carbocycles. The summed E-state index contributed by atoms with van der Waals surface area (Å²) >= 11 is 0. The van der Waals surface area contributed by atoms with E-state index in [9.17, 15) is 0 Å². The van der Waals surface area contributed by atoms with Gasteiger partial charge >= 0.3 is 0 Å². The Bertz CT molecular complexity index is 313. The molecule has 118 valence electrons. The Kier molecular flexibility index (Phi) is 5.11. The van der Waals surface area contributed by atoms with Crippen molar-refractivity contribution in [1.29, 1.82) is 0 Å². The van der Waals surface area contributed by atoms with Crippen LogP contribution in [0, 0.1) is 5.41 Å². The SMILES string of the molecule is CCCN1CCN(CC2(N)CC(OCC)C2(C)C)CC1. The van der Waals surface area contributed by atoms with Gasteiger partial charge in [0, 0.05) is 50.3 Å². The minimum Gasteiger partial charge on any atom is -0.378 e. The lowest BCUT2D eigenvalue weighted by molar-refractivity contribution is -0.157. The highest BCUT2D eigenvalue weighted by Crippen LogP contribution is 2.50. The highest BCUT2D eigenvalue weighted by molar-refractivity contribution is 5.14. The lowest BCUT2D eigenvalue weighted by atomic mass is 9.54. The van der Waals surface area contributed by atoms with E-state index in [0.29, 0.717) is 6.10 Å². The molecule has 0 aromatic carbocycles. The van der Waals surface area contributed by atoms with Crippen molar-refractivity contribution in [2.45, 2.75) is 52.2 Å². The summed E-state index contributed by atoms with van der Waals surface area (Å²) in [5, 5.41) is 0. The van der Waals surface area contributed by atoms with Crippen molar-refractivity contribution in [3.05, 3.63) is 0 Å². The average molecular weight is 283 g/mol. The molecule has 1 saturated carbocycles. The summed E-state index contributed by atoms with van der Waals surface area (Å²) in [7, 11) is 0. The Morgan fingerprint density at radius 1 is 1.10 bits per heavy atom. The number of rotatable bonds is 6. The second kappa shape index (κ2) is 6.30. The van der Waals surface area contributed by atoms with Crippen LogP contribution in [0.15, 0.2) is 0 Å². The molecule has 2 N–H and O–H groups in total. The molecule has 2 unspecified atom stereocenters. The van der Waals surface area contributed by atoms with Crippen LogP contribution in [0.3, 0.4) is 0 Å². The fourth-order valence-electron chi connectivity index (χ4n) is 3.66. The number of hydrogen-bond acceptors (Lipinski definition) is 4. The Morgan fingerprint density at radius 2 is 1.70 bits per heavy atom. The standard InChI is InChI=1S/C16H33N3O/c1-5-7-18-8-10-19(11-9-18)13-16(17)12-14(20-6-2)15(16,3)4/h14H,5-13,17H2,1-4H3. The van der Waals surface area contributed by atoms with E-state index in [4.69, 9.17) is 10.5 Å². The van der Waals surface area contributed by atoms with E-state index < -0.39 is 0 Å². The minimum atomic E-state index is -0.0836. The maximum Gasteiger partial charge on any atom is 0.0662 e. The molecule has 2 aliphatic rings. The Balaban J connectivity index is 1.82. The van der Waals surface area contributed by atoms with E-state index in [0.717, 1.165) is 32.7 Å². The monoisotopic (exact) mass is 283 g/mol. The van der Waals surface area contributed by atoms with Crippen LogP contribution in [-0.4, -0.2) is 67.3 Å². The highest BCUT2D eigenvalue weighted by atomic mass is 16.5. The molecular weight excluding hydrogens is 250 g/mol. The van der Waals surface area contributed by atoms with Gasteiger partial charge in [-0.05, 0) is 26.3 Å². The van der Waals surface area contributed by atoms with Gasteiger partial charge in [-0.3, -0.25) is 4.90 Å². The van der Waals surface area contributed by atoms with Gasteiger partial charge < -0.3 is 15.4 Å². The molecule has 0 spiro atoms. The molecule has 0 amide bonds. The van der Waals surface area contributed by atoms with Crippen molar-refractivity contribution in [3.63, 3.8) is 0 Å². The topological polar surface area (TPSA) is 41.7 Å². The lowest BCUT2D eigenvalue weighted by Crippen LogP contribution is -2.74. The van der Waals surface area contributed by atoms with Gasteiger partial charge in [0.15, 0.2) is 0 Å². The Morgan fingerprint density at radius 3 is 2.20 bits per heavy atom. The third kappa shape index (κ3) is 3.03. The number of nitrogens with zero attached hydrogens (tertiary/aromatic N) is 2. The number of nitrogens with two attached hydrogens (primary N) is 1. The Labute approximate surface area is 124 Å². The molecule has 1 aliphatic heterocycles. The normalized spacial score (nSPS) is 35.0. The van der Waals surface area contributed by atoms with Crippen molar-refractivity contribution in [2.75, 3.05) is 45.9 Å². The molecule has 0 bridgehead atoms. The van der Waals surface area contributed by atoms with Crippen molar-refractivity contribution in [3.8, 4) is 0 Å². The molecule has 4 nitrogen and oxygen atoms in total. The van der Waals surface area contributed by atoms with Gasteiger partial charge in [-0.2, -0.15) is 0 Å². The van der Waals surface area contributed by atoms with E-state index >= 15 is 0 Å². The van der Waals surface area contributed by atoms with Crippen LogP contribution >= 0.6 is 0 Å². The summed E-state index contributed by atoms with van der Waals surface area (Å²) in [6, 6.07) is 0. The third-order valence-electron chi connectivity index (χ3n) is 5.52. The smallest absolute Gasteiger partial charge is 0.0662 e. The molecule has 4 heteroatoms. The highest BCUT2D eigenvalue weighted by Gasteiger charge is 2.58. The van der Waals surface area contributed by atoms with Gasteiger partial charge in [-0.25, -0.2) is 0 Å². The predicted octanol–water partition coefficient (Wildman–Crippen LogP) is 1.55. The molecule has 2 rings (SSSR count). The summed E-state index contributed by atoms with van der Waals surface area (Å²) in [5.41, 5.74) is 6.69. The third-order valence-corrected chi connectivity index (χ3v) is 5.52. The van der Waals surface area contributed by atoms with Crippen molar-refractivity contribution < 1.29 is 4.74 Å². The summed E-state index contributed by atoms with van der Waals surface area (Å²) < 4.78 is 5.82. The summed E-state index contributed by atoms with van der Waals surface area (Å²) in [4.78, 5) is 5.12. The van der Waals surface area contributed by atoms with Gasteiger partial charge in [0.2, 0.25) is 0 Å². The lowest BCUT2D eigenvalue weighted by Gasteiger charge is -2.60. The zero-order chi connectivity index (χ0) is 14.8. The maximum absolute atomic E-state index is 6.69. The van der Waals surface area contributed by atoms with E-state index in [-0.39, 0.29) is 11.0 Å². The molecule has 0 aromatic rings.